The fourth-order valence-electron chi connectivity index (χ4n) is 2.36. The highest BCUT2D eigenvalue weighted by molar-refractivity contribution is 7.86. The molecule has 0 amide bonds. The van der Waals surface area contributed by atoms with Gasteiger partial charge in [0.05, 0.1) is 19.1 Å². The number of carbonyl (C=O) groups excluding carboxylic acids is 1. The first kappa shape index (κ1) is 19.9. The normalized spacial score (nSPS) is 12.5. The molecule has 0 saturated carbocycles. The van der Waals surface area contributed by atoms with Crippen LogP contribution in [0.1, 0.15) is 30.6 Å². The predicted molar refractivity (Wildman–Crippen MR) is 89.2 cm³/mol. The van der Waals surface area contributed by atoms with Gasteiger partial charge < -0.3 is 19.1 Å². The van der Waals surface area contributed by atoms with Gasteiger partial charge in [-0.25, -0.2) is 10.1 Å². The summed E-state index contributed by atoms with van der Waals surface area (Å²) in [5, 5.41) is 24.9. The third-order valence-electron chi connectivity index (χ3n) is 3.37. The number of aromatic amines is 1. The Morgan fingerprint density at radius 2 is 2.15 bits per heavy atom. The molecule has 2 rings (SSSR count). The molecule has 0 spiro atoms. The molecule has 1 radical (unpaired) electrons. The molecule has 1 atom stereocenters. The minimum absolute atomic E-state index is 0.101. The van der Waals surface area contributed by atoms with Crippen LogP contribution in [-0.4, -0.2) is 53.8 Å². The zero-order chi connectivity index (χ0) is 19.3. The number of ether oxygens (including phenoxy) is 1. The number of rotatable bonds is 8. The van der Waals surface area contributed by atoms with Crippen LogP contribution >= 0.6 is 0 Å². The first-order valence-electron chi connectivity index (χ1n) is 7.54. The monoisotopic (exact) mass is 382 g/mol. The highest BCUT2D eigenvalue weighted by Crippen LogP contribution is 2.25. The lowest BCUT2D eigenvalue weighted by Gasteiger charge is -2.18. The Balaban J connectivity index is 2.30. The molecule has 1 heterocycles. The van der Waals surface area contributed by atoms with Gasteiger partial charge >= 0.3 is 23.6 Å². The summed E-state index contributed by atoms with van der Waals surface area (Å²) in [6.07, 6.45) is -0.539. The van der Waals surface area contributed by atoms with E-state index in [-0.39, 0.29) is 29.8 Å². The second kappa shape index (κ2) is 8.30. The second-order valence-corrected chi connectivity index (χ2v) is 6.69. The van der Waals surface area contributed by atoms with E-state index >= 15 is 0 Å². The smallest absolute Gasteiger partial charge is 0.374 e. The molecular formula is C14H17BN3O7S. The SMILES string of the molecule is CCOC(=O)CC(O)c1c(C)cc(OS(=O)(=O)c2ncn[nH]2)cc1[B]O. The number of carbonyl (C=O) groups is 1. The summed E-state index contributed by atoms with van der Waals surface area (Å²) < 4.78 is 33.9. The van der Waals surface area contributed by atoms with Gasteiger partial charge in [-0.3, -0.25) is 4.79 Å². The fraction of sp³-hybridized carbons (Fsp3) is 0.357. The van der Waals surface area contributed by atoms with Gasteiger partial charge in [0.25, 0.3) is 5.16 Å². The Bertz CT molecular complexity index is 871. The van der Waals surface area contributed by atoms with Crippen molar-refractivity contribution < 1.29 is 32.3 Å². The van der Waals surface area contributed by atoms with Gasteiger partial charge in [-0.05, 0) is 42.6 Å². The molecule has 1 aromatic carbocycles. The molecule has 0 fully saturated rings. The van der Waals surface area contributed by atoms with E-state index in [0.29, 0.717) is 13.0 Å². The lowest BCUT2D eigenvalue weighted by atomic mass is 9.80. The van der Waals surface area contributed by atoms with Crippen LogP contribution in [0, 0.1) is 6.92 Å². The number of nitrogens with zero attached hydrogens (tertiary/aromatic N) is 2. The highest BCUT2D eigenvalue weighted by Gasteiger charge is 2.24. The number of hydrogen-bond donors (Lipinski definition) is 3. The Labute approximate surface area is 150 Å². The van der Waals surface area contributed by atoms with E-state index in [9.17, 15) is 23.3 Å². The van der Waals surface area contributed by atoms with Gasteiger partial charge in [-0.2, -0.15) is 13.5 Å². The van der Waals surface area contributed by atoms with Crippen LogP contribution in [-0.2, 0) is 19.6 Å². The summed E-state index contributed by atoms with van der Waals surface area (Å²) in [5.74, 6) is -0.706. The molecule has 10 nitrogen and oxygen atoms in total. The number of aryl methyl sites for hydroxylation is 1. The van der Waals surface area contributed by atoms with E-state index in [1.165, 1.54) is 12.1 Å². The van der Waals surface area contributed by atoms with Crippen LogP contribution < -0.4 is 9.65 Å². The second-order valence-electron chi connectivity index (χ2n) is 5.23. The molecule has 2 aromatic rings. The molecule has 3 N–H and O–H groups in total. The predicted octanol–water partition coefficient (Wildman–Crippen LogP) is -0.896. The van der Waals surface area contributed by atoms with Crippen LogP contribution in [0.5, 0.6) is 5.75 Å². The Morgan fingerprint density at radius 3 is 2.73 bits per heavy atom. The van der Waals surface area contributed by atoms with Gasteiger partial charge in [0, 0.05) is 0 Å². The van der Waals surface area contributed by atoms with Crippen molar-refractivity contribution in [3.05, 3.63) is 29.6 Å². The molecule has 0 bridgehead atoms. The van der Waals surface area contributed by atoms with Crippen molar-refractivity contribution in [3.8, 4) is 5.75 Å². The van der Waals surface area contributed by atoms with Crippen LogP contribution in [0.25, 0.3) is 0 Å². The topological polar surface area (TPSA) is 152 Å². The quantitative estimate of drug-likeness (QED) is 0.300. The van der Waals surface area contributed by atoms with Gasteiger partial charge in [0.15, 0.2) is 0 Å². The standard InChI is InChI=1S/C14H17BN3O7S/c1-3-24-12(20)6-11(19)13-8(2)4-9(5-10(13)15-21)25-26(22,23)14-16-7-17-18-14/h4-5,7,11,19,21H,3,6H2,1-2H3,(H,16,17,18). The van der Waals surface area contributed by atoms with Crippen molar-refractivity contribution in [2.24, 2.45) is 0 Å². The molecule has 1 aromatic heterocycles. The first-order chi connectivity index (χ1) is 12.3. The van der Waals surface area contributed by atoms with E-state index < -0.39 is 27.3 Å². The molecule has 139 valence electrons. The zero-order valence-corrected chi connectivity index (χ0v) is 14.9. The van der Waals surface area contributed by atoms with Crippen LogP contribution in [0.3, 0.4) is 0 Å². The largest absolute Gasteiger partial charge is 0.466 e. The number of benzene rings is 1. The third-order valence-corrected chi connectivity index (χ3v) is 4.45. The van der Waals surface area contributed by atoms with E-state index in [1.54, 1.807) is 13.8 Å². The summed E-state index contributed by atoms with van der Waals surface area (Å²) in [5.41, 5.74) is 0.766. The summed E-state index contributed by atoms with van der Waals surface area (Å²) in [6, 6.07) is 2.56. The number of aliphatic hydroxyl groups excluding tert-OH is 1. The minimum atomic E-state index is -4.23. The number of hydrogen-bond acceptors (Lipinski definition) is 9. The van der Waals surface area contributed by atoms with Gasteiger partial charge in [0.1, 0.15) is 12.1 Å². The number of esters is 1. The molecule has 0 aliphatic rings. The summed E-state index contributed by atoms with van der Waals surface area (Å²) in [4.78, 5) is 15.1. The molecule has 1 unspecified atom stereocenters. The summed E-state index contributed by atoms with van der Waals surface area (Å²) in [6.45, 7) is 3.39. The van der Waals surface area contributed by atoms with Crippen LogP contribution in [0.4, 0.5) is 0 Å². The van der Waals surface area contributed by atoms with Crippen molar-refractivity contribution in [3.63, 3.8) is 0 Å². The fourth-order valence-corrected chi connectivity index (χ4v) is 3.13. The van der Waals surface area contributed by atoms with Gasteiger partial charge in [-0.1, -0.05) is 0 Å². The Morgan fingerprint density at radius 1 is 1.42 bits per heavy atom. The van der Waals surface area contributed by atoms with Crippen LogP contribution in [0.15, 0.2) is 23.6 Å². The average Bonchev–Trinajstić information content (AvgIpc) is 3.09. The molecular weight excluding hydrogens is 365 g/mol. The maximum Gasteiger partial charge on any atom is 0.374 e. The van der Waals surface area contributed by atoms with Gasteiger partial charge in [0.2, 0.25) is 0 Å². The van der Waals surface area contributed by atoms with E-state index in [0.717, 1.165) is 6.33 Å². The highest BCUT2D eigenvalue weighted by atomic mass is 32.2. The number of aromatic nitrogens is 3. The summed E-state index contributed by atoms with van der Waals surface area (Å²) in [7, 11) is -3.55. The Hall–Kier alpha value is -2.44. The molecule has 0 aliphatic heterocycles. The lowest BCUT2D eigenvalue weighted by Crippen LogP contribution is -2.25. The average molecular weight is 382 g/mol. The van der Waals surface area contributed by atoms with E-state index in [2.05, 4.69) is 15.2 Å². The first-order valence-corrected chi connectivity index (χ1v) is 8.94. The Kier molecular flexibility index (Phi) is 6.34. The summed E-state index contributed by atoms with van der Waals surface area (Å²) >= 11 is 0. The van der Waals surface area contributed by atoms with Crippen molar-refractivity contribution >= 4 is 29.0 Å². The van der Waals surface area contributed by atoms with Gasteiger partial charge in [-0.15, -0.1) is 0 Å². The number of aliphatic hydroxyl groups is 1. The van der Waals surface area contributed by atoms with E-state index in [1.807, 2.05) is 0 Å². The maximum absolute atomic E-state index is 12.1. The van der Waals surface area contributed by atoms with Crippen LogP contribution in [0.2, 0.25) is 0 Å². The third kappa shape index (κ3) is 4.59. The van der Waals surface area contributed by atoms with E-state index in [4.69, 9.17) is 8.92 Å². The van der Waals surface area contributed by atoms with Crippen molar-refractivity contribution in [2.75, 3.05) is 6.61 Å². The minimum Gasteiger partial charge on any atom is -0.466 e. The zero-order valence-electron chi connectivity index (χ0n) is 14.0. The maximum atomic E-state index is 12.1. The number of nitrogens with one attached hydrogen (secondary N) is 1. The lowest BCUT2D eigenvalue weighted by molar-refractivity contribution is -0.145. The number of H-pyrrole nitrogens is 1. The van der Waals surface area contributed by atoms with Crippen molar-refractivity contribution in [1.82, 2.24) is 15.2 Å². The molecule has 12 heteroatoms. The van der Waals surface area contributed by atoms with Crippen molar-refractivity contribution in [1.29, 1.82) is 0 Å². The van der Waals surface area contributed by atoms with Crippen molar-refractivity contribution in [2.45, 2.75) is 31.5 Å². The molecule has 26 heavy (non-hydrogen) atoms. The molecule has 0 aliphatic carbocycles. The molecule has 0 saturated heterocycles.